The second-order valence-corrected chi connectivity index (χ2v) is 4.29. The molecule has 1 aromatic rings. The number of halogens is 2. The predicted octanol–water partition coefficient (Wildman–Crippen LogP) is 2.10. The third-order valence-corrected chi connectivity index (χ3v) is 2.56. The lowest BCUT2D eigenvalue weighted by molar-refractivity contribution is -0.0499. The summed E-state index contributed by atoms with van der Waals surface area (Å²) in [6.07, 6.45) is 0. The van der Waals surface area contributed by atoms with Crippen LogP contribution in [-0.4, -0.2) is 36.5 Å². The molecular formula is C13H18F2N2O2. The molecular weight excluding hydrogens is 254 g/mol. The van der Waals surface area contributed by atoms with Crippen LogP contribution in [0.5, 0.6) is 5.75 Å². The fourth-order valence-corrected chi connectivity index (χ4v) is 1.70. The summed E-state index contributed by atoms with van der Waals surface area (Å²) in [5.41, 5.74) is 5.77. The van der Waals surface area contributed by atoms with Crippen molar-refractivity contribution in [3.63, 3.8) is 0 Å². The molecule has 19 heavy (non-hydrogen) atoms. The van der Waals surface area contributed by atoms with E-state index in [-0.39, 0.29) is 17.7 Å². The zero-order valence-corrected chi connectivity index (χ0v) is 11.0. The average molecular weight is 272 g/mol. The largest absolute Gasteiger partial charge is 0.435 e. The summed E-state index contributed by atoms with van der Waals surface area (Å²) in [6, 6.07) is 5.74. The zero-order valence-electron chi connectivity index (χ0n) is 11.0. The van der Waals surface area contributed by atoms with E-state index in [1.54, 1.807) is 11.0 Å². The topological polar surface area (TPSA) is 55.6 Å². The van der Waals surface area contributed by atoms with Gasteiger partial charge in [-0.15, -0.1) is 0 Å². The molecule has 0 unspecified atom stereocenters. The summed E-state index contributed by atoms with van der Waals surface area (Å²) in [5.74, 6) is -0.280. The summed E-state index contributed by atoms with van der Waals surface area (Å²) in [5, 5.41) is 0. The third-order valence-electron chi connectivity index (χ3n) is 2.56. The number of nitrogens with two attached hydrogens (primary N) is 1. The van der Waals surface area contributed by atoms with Crippen molar-refractivity contribution in [1.29, 1.82) is 0 Å². The maximum absolute atomic E-state index is 12.2. The van der Waals surface area contributed by atoms with Crippen molar-refractivity contribution in [2.24, 2.45) is 5.73 Å². The molecule has 1 amide bonds. The molecule has 0 fully saturated rings. The van der Waals surface area contributed by atoms with Crippen LogP contribution in [0.2, 0.25) is 0 Å². The van der Waals surface area contributed by atoms with Crippen LogP contribution in [0.25, 0.3) is 0 Å². The fourth-order valence-electron chi connectivity index (χ4n) is 1.70. The molecule has 6 heteroatoms. The van der Waals surface area contributed by atoms with Crippen molar-refractivity contribution in [1.82, 2.24) is 4.90 Å². The minimum Gasteiger partial charge on any atom is -0.435 e. The minimum absolute atomic E-state index is 0.0178. The van der Waals surface area contributed by atoms with E-state index in [2.05, 4.69) is 4.74 Å². The van der Waals surface area contributed by atoms with Gasteiger partial charge in [0.05, 0.1) is 0 Å². The second-order valence-electron chi connectivity index (χ2n) is 4.29. The van der Waals surface area contributed by atoms with E-state index in [0.717, 1.165) is 0 Å². The van der Waals surface area contributed by atoms with E-state index >= 15 is 0 Å². The van der Waals surface area contributed by atoms with Crippen molar-refractivity contribution >= 4 is 5.91 Å². The van der Waals surface area contributed by atoms with Crippen LogP contribution in [0.1, 0.15) is 24.2 Å². The van der Waals surface area contributed by atoms with Crippen LogP contribution in [-0.2, 0) is 0 Å². The molecule has 2 N–H and O–H groups in total. The first kappa shape index (κ1) is 15.4. The van der Waals surface area contributed by atoms with Crippen LogP contribution in [0, 0.1) is 0 Å². The van der Waals surface area contributed by atoms with E-state index in [4.69, 9.17) is 5.73 Å². The summed E-state index contributed by atoms with van der Waals surface area (Å²) < 4.78 is 28.5. The average Bonchev–Trinajstić information content (AvgIpc) is 2.34. The van der Waals surface area contributed by atoms with Crippen molar-refractivity contribution in [2.45, 2.75) is 26.5 Å². The summed E-state index contributed by atoms with van der Waals surface area (Å²) in [7, 11) is 0. The molecule has 0 aliphatic heterocycles. The van der Waals surface area contributed by atoms with Gasteiger partial charge < -0.3 is 15.4 Å². The molecule has 0 aliphatic rings. The monoisotopic (exact) mass is 272 g/mol. The Morgan fingerprint density at radius 3 is 2.63 bits per heavy atom. The van der Waals surface area contributed by atoms with Gasteiger partial charge in [0.15, 0.2) is 0 Å². The SMILES string of the molecule is CC(C)N(CCN)C(=O)c1cccc(OC(F)F)c1. The van der Waals surface area contributed by atoms with E-state index in [9.17, 15) is 13.6 Å². The van der Waals surface area contributed by atoms with Crippen molar-refractivity contribution < 1.29 is 18.3 Å². The number of hydrogen-bond donors (Lipinski definition) is 1. The first-order valence-electron chi connectivity index (χ1n) is 6.01. The summed E-state index contributed by atoms with van der Waals surface area (Å²) >= 11 is 0. The lowest BCUT2D eigenvalue weighted by Gasteiger charge is -2.26. The number of alkyl halides is 2. The van der Waals surface area contributed by atoms with Gasteiger partial charge in [-0.2, -0.15) is 8.78 Å². The number of rotatable bonds is 6. The van der Waals surface area contributed by atoms with Crippen LogP contribution in [0.3, 0.4) is 0 Å². The Hall–Kier alpha value is -1.69. The first-order valence-corrected chi connectivity index (χ1v) is 6.01. The Kier molecular flexibility index (Phi) is 5.69. The van der Waals surface area contributed by atoms with E-state index < -0.39 is 6.61 Å². The first-order chi connectivity index (χ1) is 8.95. The van der Waals surface area contributed by atoms with Gasteiger partial charge in [-0.05, 0) is 32.0 Å². The Bertz CT molecular complexity index is 425. The quantitative estimate of drug-likeness (QED) is 0.862. The second kappa shape index (κ2) is 7.04. The number of nitrogens with zero attached hydrogens (tertiary/aromatic N) is 1. The van der Waals surface area contributed by atoms with Crippen LogP contribution in [0.15, 0.2) is 24.3 Å². The number of benzene rings is 1. The van der Waals surface area contributed by atoms with E-state index in [1.165, 1.54) is 18.2 Å². The highest BCUT2D eigenvalue weighted by molar-refractivity contribution is 5.94. The normalized spacial score (nSPS) is 10.9. The van der Waals surface area contributed by atoms with Gasteiger partial charge in [0.1, 0.15) is 5.75 Å². The molecule has 0 bridgehead atoms. The molecule has 4 nitrogen and oxygen atoms in total. The van der Waals surface area contributed by atoms with Gasteiger partial charge in [-0.3, -0.25) is 4.79 Å². The van der Waals surface area contributed by atoms with E-state index in [1.807, 2.05) is 13.8 Å². The van der Waals surface area contributed by atoms with Gasteiger partial charge in [-0.1, -0.05) is 6.07 Å². The Morgan fingerprint density at radius 1 is 1.42 bits per heavy atom. The van der Waals surface area contributed by atoms with Crippen molar-refractivity contribution in [3.05, 3.63) is 29.8 Å². The highest BCUT2D eigenvalue weighted by Crippen LogP contribution is 2.18. The number of amides is 1. The lowest BCUT2D eigenvalue weighted by Crippen LogP contribution is -2.40. The van der Waals surface area contributed by atoms with Crippen molar-refractivity contribution in [3.8, 4) is 5.75 Å². The minimum atomic E-state index is -2.91. The number of carbonyl (C=O) groups excluding carboxylic acids is 1. The molecule has 0 atom stereocenters. The standard InChI is InChI=1S/C13H18F2N2O2/c1-9(2)17(7-6-16)12(18)10-4-3-5-11(8-10)19-13(14)15/h3-5,8-9,13H,6-7,16H2,1-2H3. The maximum atomic E-state index is 12.2. The Balaban J connectivity index is 2.91. The molecule has 106 valence electrons. The highest BCUT2D eigenvalue weighted by atomic mass is 19.3. The lowest BCUT2D eigenvalue weighted by atomic mass is 10.1. The predicted molar refractivity (Wildman–Crippen MR) is 68.3 cm³/mol. The van der Waals surface area contributed by atoms with Crippen LogP contribution < -0.4 is 10.5 Å². The third kappa shape index (κ3) is 4.48. The van der Waals surface area contributed by atoms with Gasteiger partial charge in [0, 0.05) is 24.7 Å². The molecule has 1 rings (SSSR count). The summed E-state index contributed by atoms with van der Waals surface area (Å²) in [4.78, 5) is 13.8. The molecule has 1 aromatic carbocycles. The van der Waals surface area contributed by atoms with Crippen molar-refractivity contribution in [2.75, 3.05) is 13.1 Å². The molecule has 0 saturated heterocycles. The van der Waals surface area contributed by atoms with E-state index in [0.29, 0.717) is 18.7 Å². The van der Waals surface area contributed by atoms with Gasteiger partial charge in [-0.25, -0.2) is 0 Å². The van der Waals surface area contributed by atoms with Crippen LogP contribution >= 0.6 is 0 Å². The fraction of sp³-hybridized carbons (Fsp3) is 0.462. The molecule has 0 heterocycles. The smallest absolute Gasteiger partial charge is 0.387 e. The molecule has 0 saturated carbocycles. The van der Waals surface area contributed by atoms with Gasteiger partial charge in [0.2, 0.25) is 0 Å². The highest BCUT2D eigenvalue weighted by Gasteiger charge is 2.18. The molecule has 0 radical (unpaired) electrons. The number of carbonyl (C=O) groups is 1. The van der Waals surface area contributed by atoms with Gasteiger partial charge in [0.25, 0.3) is 5.91 Å². The Labute approximate surface area is 111 Å². The molecule has 0 aliphatic carbocycles. The number of ether oxygens (including phenoxy) is 1. The van der Waals surface area contributed by atoms with Crippen LogP contribution in [0.4, 0.5) is 8.78 Å². The maximum Gasteiger partial charge on any atom is 0.387 e. The zero-order chi connectivity index (χ0) is 14.4. The Morgan fingerprint density at radius 2 is 2.11 bits per heavy atom. The number of hydrogen-bond acceptors (Lipinski definition) is 3. The molecule has 0 spiro atoms. The molecule has 0 aromatic heterocycles. The summed E-state index contributed by atoms with van der Waals surface area (Å²) in [6.45, 7) is 1.59. The van der Waals surface area contributed by atoms with Gasteiger partial charge >= 0.3 is 6.61 Å².